The summed E-state index contributed by atoms with van der Waals surface area (Å²) < 4.78 is 0. The molecule has 3 rings (SSSR count). The lowest BCUT2D eigenvalue weighted by Crippen LogP contribution is -2.38. The molecule has 1 aliphatic carbocycles. The number of aryl methyl sites for hydroxylation is 1. The van der Waals surface area contributed by atoms with Crippen molar-refractivity contribution >= 4 is 11.6 Å². The fourth-order valence-electron chi connectivity index (χ4n) is 2.72. The predicted octanol–water partition coefficient (Wildman–Crippen LogP) is 2.56. The minimum atomic E-state index is -0.0191. The second-order valence-electron chi connectivity index (χ2n) is 5.30. The Bertz CT molecular complexity index is 619. The van der Waals surface area contributed by atoms with Gasteiger partial charge in [0.1, 0.15) is 0 Å². The van der Waals surface area contributed by atoms with Crippen molar-refractivity contribution in [1.82, 2.24) is 5.32 Å². The minimum absolute atomic E-state index is 0.0191. The zero-order valence-corrected chi connectivity index (χ0v) is 11.3. The van der Waals surface area contributed by atoms with E-state index in [0.717, 1.165) is 19.3 Å². The summed E-state index contributed by atoms with van der Waals surface area (Å²) in [5.74, 6) is -0.0191. The molecule has 1 atom stereocenters. The van der Waals surface area contributed by atoms with Crippen LogP contribution < -0.4 is 11.1 Å². The van der Waals surface area contributed by atoms with Crippen LogP contribution in [0.2, 0.25) is 0 Å². The Morgan fingerprint density at radius 3 is 2.50 bits per heavy atom. The average molecular weight is 266 g/mol. The van der Waals surface area contributed by atoms with E-state index in [4.69, 9.17) is 5.73 Å². The van der Waals surface area contributed by atoms with Crippen LogP contribution in [0.1, 0.15) is 27.9 Å². The van der Waals surface area contributed by atoms with Gasteiger partial charge in [0, 0.05) is 17.3 Å². The van der Waals surface area contributed by atoms with Gasteiger partial charge in [0.25, 0.3) is 5.91 Å². The van der Waals surface area contributed by atoms with Gasteiger partial charge in [0.15, 0.2) is 0 Å². The molecule has 1 amide bonds. The molecule has 0 spiro atoms. The van der Waals surface area contributed by atoms with E-state index in [9.17, 15) is 4.79 Å². The summed E-state index contributed by atoms with van der Waals surface area (Å²) in [7, 11) is 0. The topological polar surface area (TPSA) is 55.1 Å². The number of amides is 1. The van der Waals surface area contributed by atoms with Crippen molar-refractivity contribution in [1.29, 1.82) is 0 Å². The Morgan fingerprint density at radius 1 is 1.05 bits per heavy atom. The number of benzene rings is 2. The van der Waals surface area contributed by atoms with Gasteiger partial charge in [0.2, 0.25) is 0 Å². The van der Waals surface area contributed by atoms with Gasteiger partial charge in [0.05, 0.1) is 0 Å². The summed E-state index contributed by atoms with van der Waals surface area (Å²) in [5, 5.41) is 3.12. The number of carbonyl (C=O) groups is 1. The maximum Gasteiger partial charge on any atom is 0.251 e. The Morgan fingerprint density at radius 2 is 1.75 bits per heavy atom. The lowest BCUT2D eigenvalue weighted by Gasteiger charge is -2.25. The Balaban J connectivity index is 1.67. The van der Waals surface area contributed by atoms with Gasteiger partial charge in [-0.25, -0.2) is 0 Å². The molecule has 102 valence electrons. The Hall–Kier alpha value is -2.29. The average Bonchev–Trinajstić information content (AvgIpc) is 2.48. The zero-order chi connectivity index (χ0) is 13.9. The number of hydrogen-bond donors (Lipinski definition) is 2. The molecule has 3 heteroatoms. The standard InChI is InChI=1S/C17H18N2O/c18-15-8-5-13(6-9-15)17(20)19-16-10-7-12-3-1-2-4-14(12)11-16/h1-6,8-9,16H,7,10-11,18H2,(H,19,20). The number of carbonyl (C=O) groups excluding carboxylic acids is 1. The van der Waals surface area contributed by atoms with Crippen molar-refractivity contribution in [2.24, 2.45) is 0 Å². The third-order valence-electron chi connectivity index (χ3n) is 3.85. The normalized spacial score (nSPS) is 17.3. The molecule has 20 heavy (non-hydrogen) atoms. The van der Waals surface area contributed by atoms with E-state index >= 15 is 0 Å². The van der Waals surface area contributed by atoms with E-state index < -0.39 is 0 Å². The molecule has 2 aromatic carbocycles. The number of anilines is 1. The van der Waals surface area contributed by atoms with Gasteiger partial charge in [-0.1, -0.05) is 24.3 Å². The van der Waals surface area contributed by atoms with Crippen LogP contribution in [-0.2, 0) is 12.8 Å². The van der Waals surface area contributed by atoms with Crippen LogP contribution in [-0.4, -0.2) is 11.9 Å². The first-order valence-electron chi connectivity index (χ1n) is 6.95. The van der Waals surface area contributed by atoms with Crippen LogP contribution in [0.15, 0.2) is 48.5 Å². The second-order valence-corrected chi connectivity index (χ2v) is 5.30. The first-order valence-corrected chi connectivity index (χ1v) is 6.95. The highest BCUT2D eigenvalue weighted by Crippen LogP contribution is 2.21. The summed E-state index contributed by atoms with van der Waals surface area (Å²) in [6, 6.07) is 15.7. The highest BCUT2D eigenvalue weighted by Gasteiger charge is 2.20. The van der Waals surface area contributed by atoms with Crippen LogP contribution in [0, 0.1) is 0 Å². The number of hydrogen-bond acceptors (Lipinski definition) is 2. The molecule has 3 nitrogen and oxygen atoms in total. The third kappa shape index (κ3) is 2.67. The molecule has 0 radical (unpaired) electrons. The van der Waals surface area contributed by atoms with Crippen LogP contribution in [0.3, 0.4) is 0 Å². The summed E-state index contributed by atoms with van der Waals surface area (Å²) in [6.07, 6.45) is 2.94. The van der Waals surface area contributed by atoms with Crippen LogP contribution in [0.4, 0.5) is 5.69 Å². The van der Waals surface area contributed by atoms with Gasteiger partial charge in [-0.15, -0.1) is 0 Å². The number of rotatable bonds is 2. The van der Waals surface area contributed by atoms with Gasteiger partial charge >= 0.3 is 0 Å². The van der Waals surface area contributed by atoms with Gasteiger partial charge in [-0.2, -0.15) is 0 Å². The highest BCUT2D eigenvalue weighted by molar-refractivity contribution is 5.94. The fraction of sp³-hybridized carbons (Fsp3) is 0.235. The van der Waals surface area contributed by atoms with Crippen LogP contribution >= 0.6 is 0 Å². The van der Waals surface area contributed by atoms with Crippen molar-refractivity contribution in [2.45, 2.75) is 25.3 Å². The second kappa shape index (κ2) is 5.37. The largest absolute Gasteiger partial charge is 0.399 e. The molecule has 0 saturated heterocycles. The number of nitrogens with two attached hydrogens (primary N) is 1. The molecule has 0 saturated carbocycles. The van der Waals surface area contributed by atoms with E-state index in [1.165, 1.54) is 11.1 Å². The van der Waals surface area contributed by atoms with Crippen molar-refractivity contribution < 1.29 is 4.79 Å². The smallest absolute Gasteiger partial charge is 0.251 e. The Kier molecular flexibility index (Phi) is 3.42. The van der Waals surface area contributed by atoms with Crippen LogP contribution in [0.5, 0.6) is 0 Å². The van der Waals surface area contributed by atoms with E-state index in [1.807, 2.05) is 0 Å². The quantitative estimate of drug-likeness (QED) is 0.821. The SMILES string of the molecule is Nc1ccc(C(=O)NC2CCc3ccccc3C2)cc1. The highest BCUT2D eigenvalue weighted by atomic mass is 16.1. The van der Waals surface area contributed by atoms with E-state index in [0.29, 0.717) is 11.3 Å². The molecule has 0 aliphatic heterocycles. The molecule has 0 bridgehead atoms. The maximum absolute atomic E-state index is 12.2. The van der Waals surface area contributed by atoms with Crippen molar-refractivity contribution in [2.75, 3.05) is 5.73 Å². The molecule has 0 fully saturated rings. The number of fused-ring (bicyclic) bond motifs is 1. The molecule has 1 unspecified atom stereocenters. The molecular formula is C17H18N2O. The fourth-order valence-corrected chi connectivity index (χ4v) is 2.72. The minimum Gasteiger partial charge on any atom is -0.399 e. The lowest BCUT2D eigenvalue weighted by molar-refractivity contribution is 0.0933. The summed E-state index contributed by atoms with van der Waals surface area (Å²) in [4.78, 5) is 12.2. The molecule has 2 aromatic rings. The molecule has 1 aliphatic rings. The molecule has 3 N–H and O–H groups in total. The molecule has 0 heterocycles. The maximum atomic E-state index is 12.2. The van der Waals surface area contributed by atoms with Gasteiger partial charge in [-0.05, 0) is 54.7 Å². The van der Waals surface area contributed by atoms with Gasteiger partial charge < -0.3 is 11.1 Å². The Labute approximate surface area is 118 Å². The van der Waals surface area contributed by atoms with Crippen molar-refractivity contribution in [3.05, 3.63) is 65.2 Å². The summed E-state index contributed by atoms with van der Waals surface area (Å²) >= 11 is 0. The summed E-state index contributed by atoms with van der Waals surface area (Å²) in [5.41, 5.74) is 9.73. The van der Waals surface area contributed by atoms with Crippen molar-refractivity contribution in [3.8, 4) is 0 Å². The predicted molar refractivity (Wildman–Crippen MR) is 80.6 cm³/mol. The van der Waals surface area contributed by atoms with E-state index in [-0.39, 0.29) is 11.9 Å². The summed E-state index contributed by atoms with van der Waals surface area (Å²) in [6.45, 7) is 0. The molecular weight excluding hydrogens is 248 g/mol. The zero-order valence-electron chi connectivity index (χ0n) is 11.3. The van der Waals surface area contributed by atoms with Crippen LogP contribution in [0.25, 0.3) is 0 Å². The van der Waals surface area contributed by atoms with E-state index in [2.05, 4.69) is 29.6 Å². The first-order chi connectivity index (χ1) is 9.72. The molecule has 0 aromatic heterocycles. The third-order valence-corrected chi connectivity index (χ3v) is 3.85. The monoisotopic (exact) mass is 266 g/mol. The number of nitrogen functional groups attached to an aromatic ring is 1. The van der Waals surface area contributed by atoms with Crippen molar-refractivity contribution in [3.63, 3.8) is 0 Å². The number of nitrogens with one attached hydrogen (secondary N) is 1. The lowest BCUT2D eigenvalue weighted by atomic mass is 9.88. The first kappa shape index (κ1) is 12.7. The van der Waals surface area contributed by atoms with E-state index in [1.54, 1.807) is 24.3 Å². The van der Waals surface area contributed by atoms with Gasteiger partial charge in [-0.3, -0.25) is 4.79 Å².